The molecule has 1 heterocycles. The van der Waals surface area contributed by atoms with Gasteiger partial charge in [0.2, 0.25) is 5.91 Å². The number of nitrogens with one attached hydrogen (secondary N) is 1. The first-order chi connectivity index (χ1) is 7.00. The molecule has 0 saturated carbocycles. The minimum Gasteiger partial charge on any atom is -0.368 e. The van der Waals surface area contributed by atoms with Crippen molar-refractivity contribution in [2.45, 2.75) is 39.4 Å². The lowest BCUT2D eigenvalue weighted by Gasteiger charge is -2.18. The molecule has 0 saturated heterocycles. The van der Waals surface area contributed by atoms with Crippen LogP contribution in [0, 0.1) is 6.92 Å². The first-order valence-electron chi connectivity index (χ1n) is 5.04. The SMILES string of the molecule is Cc1ccnn1CC(NC(C)C)C(N)=O. The van der Waals surface area contributed by atoms with Crippen LogP contribution in [-0.4, -0.2) is 27.8 Å². The van der Waals surface area contributed by atoms with Crippen LogP contribution in [0.25, 0.3) is 0 Å². The van der Waals surface area contributed by atoms with E-state index in [0.29, 0.717) is 6.54 Å². The Bertz CT molecular complexity index is 332. The van der Waals surface area contributed by atoms with Crippen LogP contribution >= 0.6 is 0 Å². The predicted octanol–water partition coefficient (Wildman–Crippen LogP) is 0.0434. The summed E-state index contributed by atoms with van der Waals surface area (Å²) in [5, 5.41) is 7.22. The fourth-order valence-electron chi connectivity index (χ4n) is 1.39. The van der Waals surface area contributed by atoms with E-state index >= 15 is 0 Å². The number of rotatable bonds is 5. The van der Waals surface area contributed by atoms with Crippen LogP contribution in [0.3, 0.4) is 0 Å². The molecule has 0 aliphatic rings. The average molecular weight is 210 g/mol. The zero-order chi connectivity index (χ0) is 11.4. The lowest BCUT2D eigenvalue weighted by molar-refractivity contribution is -0.120. The summed E-state index contributed by atoms with van der Waals surface area (Å²) in [7, 11) is 0. The number of nitrogens with zero attached hydrogens (tertiary/aromatic N) is 2. The molecule has 1 aromatic heterocycles. The van der Waals surface area contributed by atoms with Crippen LogP contribution in [0.5, 0.6) is 0 Å². The van der Waals surface area contributed by atoms with Crippen molar-refractivity contribution in [1.82, 2.24) is 15.1 Å². The number of hydrogen-bond donors (Lipinski definition) is 2. The van der Waals surface area contributed by atoms with Gasteiger partial charge in [0.15, 0.2) is 0 Å². The maximum Gasteiger partial charge on any atom is 0.236 e. The molecule has 0 spiro atoms. The topological polar surface area (TPSA) is 72.9 Å². The van der Waals surface area contributed by atoms with Crippen molar-refractivity contribution in [3.63, 3.8) is 0 Å². The fourth-order valence-corrected chi connectivity index (χ4v) is 1.39. The highest BCUT2D eigenvalue weighted by molar-refractivity contribution is 5.79. The largest absolute Gasteiger partial charge is 0.368 e. The molecule has 0 aromatic carbocycles. The van der Waals surface area contributed by atoms with Crippen molar-refractivity contribution >= 4 is 5.91 Å². The molecular weight excluding hydrogens is 192 g/mol. The molecule has 1 amide bonds. The Hall–Kier alpha value is -1.36. The number of primary amides is 1. The van der Waals surface area contributed by atoms with E-state index in [0.717, 1.165) is 5.69 Å². The summed E-state index contributed by atoms with van der Waals surface area (Å²) in [5.74, 6) is -0.349. The Morgan fingerprint density at radius 2 is 2.33 bits per heavy atom. The molecule has 1 atom stereocenters. The summed E-state index contributed by atoms with van der Waals surface area (Å²) < 4.78 is 1.77. The van der Waals surface area contributed by atoms with Crippen molar-refractivity contribution < 1.29 is 4.79 Å². The normalized spacial score (nSPS) is 13.1. The summed E-state index contributed by atoms with van der Waals surface area (Å²) in [4.78, 5) is 11.2. The van der Waals surface area contributed by atoms with Crippen molar-refractivity contribution in [1.29, 1.82) is 0 Å². The maximum absolute atomic E-state index is 11.2. The van der Waals surface area contributed by atoms with Crippen LogP contribution < -0.4 is 11.1 Å². The monoisotopic (exact) mass is 210 g/mol. The van der Waals surface area contributed by atoms with Gasteiger partial charge in [0.05, 0.1) is 6.54 Å². The zero-order valence-electron chi connectivity index (χ0n) is 9.40. The summed E-state index contributed by atoms with van der Waals surface area (Å²) in [6.07, 6.45) is 1.71. The van der Waals surface area contributed by atoms with Gasteiger partial charge in [-0.15, -0.1) is 0 Å². The highest BCUT2D eigenvalue weighted by Gasteiger charge is 2.17. The van der Waals surface area contributed by atoms with E-state index in [-0.39, 0.29) is 18.0 Å². The standard InChI is InChI=1S/C10H18N4O/c1-7(2)13-9(10(11)15)6-14-8(3)4-5-12-14/h4-5,7,9,13H,6H2,1-3H3,(H2,11,15). The number of hydrogen-bond acceptors (Lipinski definition) is 3. The quantitative estimate of drug-likeness (QED) is 0.721. The minimum absolute atomic E-state index is 0.221. The van der Waals surface area contributed by atoms with Gasteiger partial charge in [0.25, 0.3) is 0 Å². The second-order valence-electron chi connectivity index (χ2n) is 3.93. The Labute approximate surface area is 89.6 Å². The number of aryl methyl sites for hydroxylation is 1. The Morgan fingerprint density at radius 3 is 2.73 bits per heavy atom. The Morgan fingerprint density at radius 1 is 1.67 bits per heavy atom. The zero-order valence-corrected chi connectivity index (χ0v) is 9.40. The summed E-state index contributed by atoms with van der Waals surface area (Å²) >= 11 is 0. The molecule has 1 unspecified atom stereocenters. The van der Waals surface area contributed by atoms with Gasteiger partial charge in [0.1, 0.15) is 6.04 Å². The third-order valence-corrected chi connectivity index (χ3v) is 2.16. The smallest absolute Gasteiger partial charge is 0.236 e. The van der Waals surface area contributed by atoms with Gasteiger partial charge in [-0.3, -0.25) is 9.48 Å². The molecule has 84 valence electrons. The molecule has 15 heavy (non-hydrogen) atoms. The van der Waals surface area contributed by atoms with Crippen LogP contribution in [0.2, 0.25) is 0 Å². The number of carbonyl (C=O) groups is 1. The second kappa shape index (κ2) is 4.93. The second-order valence-corrected chi connectivity index (χ2v) is 3.93. The van der Waals surface area contributed by atoms with E-state index in [1.807, 2.05) is 26.8 Å². The maximum atomic E-state index is 11.2. The van der Waals surface area contributed by atoms with E-state index < -0.39 is 0 Å². The molecule has 3 N–H and O–H groups in total. The third-order valence-electron chi connectivity index (χ3n) is 2.16. The van der Waals surface area contributed by atoms with Crippen LogP contribution in [0.15, 0.2) is 12.3 Å². The Kier molecular flexibility index (Phi) is 3.85. The molecule has 0 aliphatic heterocycles. The van der Waals surface area contributed by atoms with Crippen LogP contribution in [0.4, 0.5) is 0 Å². The molecule has 0 fully saturated rings. The van der Waals surface area contributed by atoms with Gasteiger partial charge in [-0.2, -0.15) is 5.10 Å². The van der Waals surface area contributed by atoms with Crippen molar-refractivity contribution in [2.75, 3.05) is 0 Å². The van der Waals surface area contributed by atoms with Crippen molar-refractivity contribution in [3.05, 3.63) is 18.0 Å². The van der Waals surface area contributed by atoms with Gasteiger partial charge >= 0.3 is 0 Å². The highest BCUT2D eigenvalue weighted by atomic mass is 16.1. The first kappa shape index (κ1) is 11.7. The third kappa shape index (κ3) is 3.36. The van der Waals surface area contributed by atoms with Gasteiger partial charge in [-0.05, 0) is 13.0 Å². The molecule has 1 aromatic rings. The van der Waals surface area contributed by atoms with Gasteiger partial charge in [-0.1, -0.05) is 13.8 Å². The molecule has 5 heteroatoms. The summed E-state index contributed by atoms with van der Waals surface area (Å²) in [6.45, 7) is 6.38. The molecule has 5 nitrogen and oxygen atoms in total. The molecule has 0 radical (unpaired) electrons. The van der Waals surface area contributed by atoms with E-state index in [4.69, 9.17) is 5.73 Å². The molecular formula is C10H18N4O. The lowest BCUT2D eigenvalue weighted by atomic mass is 10.2. The van der Waals surface area contributed by atoms with Gasteiger partial charge < -0.3 is 11.1 Å². The van der Waals surface area contributed by atoms with E-state index in [1.165, 1.54) is 0 Å². The number of amides is 1. The minimum atomic E-state index is -0.372. The number of carbonyl (C=O) groups excluding carboxylic acids is 1. The first-order valence-corrected chi connectivity index (χ1v) is 5.04. The Balaban J connectivity index is 2.67. The molecule has 1 rings (SSSR count). The summed E-state index contributed by atoms with van der Waals surface area (Å²) in [5.41, 5.74) is 6.33. The van der Waals surface area contributed by atoms with Gasteiger partial charge in [0, 0.05) is 17.9 Å². The van der Waals surface area contributed by atoms with Gasteiger partial charge in [-0.25, -0.2) is 0 Å². The molecule has 0 aliphatic carbocycles. The summed E-state index contributed by atoms with van der Waals surface area (Å²) in [6, 6.07) is 1.75. The van der Waals surface area contributed by atoms with Crippen molar-refractivity contribution in [3.8, 4) is 0 Å². The van der Waals surface area contributed by atoms with Crippen LogP contribution in [-0.2, 0) is 11.3 Å². The fraction of sp³-hybridized carbons (Fsp3) is 0.600. The highest BCUT2D eigenvalue weighted by Crippen LogP contribution is 1.99. The number of aromatic nitrogens is 2. The van der Waals surface area contributed by atoms with E-state index in [2.05, 4.69) is 10.4 Å². The average Bonchev–Trinajstić information content (AvgIpc) is 2.50. The predicted molar refractivity (Wildman–Crippen MR) is 58.2 cm³/mol. The molecule has 0 bridgehead atoms. The van der Waals surface area contributed by atoms with Crippen molar-refractivity contribution in [2.24, 2.45) is 5.73 Å². The number of nitrogens with two attached hydrogens (primary N) is 1. The lowest BCUT2D eigenvalue weighted by Crippen LogP contribution is -2.47. The van der Waals surface area contributed by atoms with E-state index in [1.54, 1.807) is 10.9 Å². The van der Waals surface area contributed by atoms with E-state index in [9.17, 15) is 4.79 Å². The van der Waals surface area contributed by atoms with Crippen LogP contribution in [0.1, 0.15) is 19.5 Å².